The Morgan fingerprint density at radius 2 is 1.88 bits per heavy atom. The van der Waals surface area contributed by atoms with Crippen molar-refractivity contribution in [2.24, 2.45) is 0 Å². The van der Waals surface area contributed by atoms with Crippen molar-refractivity contribution >= 4 is 5.91 Å². The van der Waals surface area contributed by atoms with Crippen molar-refractivity contribution in [3.8, 4) is 11.4 Å². The molecule has 1 heterocycles. The molecule has 25 heavy (non-hydrogen) atoms. The molecule has 0 saturated heterocycles. The predicted molar refractivity (Wildman–Crippen MR) is 83.7 cm³/mol. The summed E-state index contributed by atoms with van der Waals surface area (Å²) in [7, 11) is 0. The van der Waals surface area contributed by atoms with Crippen molar-refractivity contribution in [2.75, 3.05) is 0 Å². The lowest BCUT2D eigenvalue weighted by Crippen LogP contribution is -2.48. The molecule has 1 aliphatic carbocycles. The van der Waals surface area contributed by atoms with E-state index >= 15 is 0 Å². The number of alkyl halides is 3. The number of rotatable bonds is 4. The van der Waals surface area contributed by atoms with E-state index in [-0.39, 0.29) is 23.8 Å². The van der Waals surface area contributed by atoms with Gasteiger partial charge in [0.15, 0.2) is 0 Å². The van der Waals surface area contributed by atoms with Gasteiger partial charge in [-0.05, 0) is 45.2 Å². The fourth-order valence-corrected chi connectivity index (χ4v) is 2.85. The van der Waals surface area contributed by atoms with Crippen LogP contribution in [0.2, 0.25) is 0 Å². The van der Waals surface area contributed by atoms with E-state index in [9.17, 15) is 18.0 Å². The second-order valence-electron chi connectivity index (χ2n) is 6.39. The van der Waals surface area contributed by atoms with Crippen LogP contribution in [0.15, 0.2) is 28.8 Å². The number of carbonyl (C=O) groups excluding carboxylic acids is 1. The average Bonchev–Trinajstić information content (AvgIpc) is 3.00. The Hall–Kier alpha value is -2.38. The maximum absolute atomic E-state index is 12.7. The maximum atomic E-state index is 12.7. The zero-order chi connectivity index (χ0) is 18.2. The first-order valence-corrected chi connectivity index (χ1v) is 8.11. The Morgan fingerprint density at radius 3 is 2.32 bits per heavy atom. The minimum absolute atomic E-state index is 0.0738. The number of hydrogen-bond donors (Lipinski definition) is 0. The summed E-state index contributed by atoms with van der Waals surface area (Å²) in [5.74, 6) is -1.63. The number of amides is 1. The van der Waals surface area contributed by atoms with Gasteiger partial charge in [0.05, 0.1) is 0 Å². The molecule has 2 aromatic rings. The van der Waals surface area contributed by atoms with Crippen molar-refractivity contribution < 1.29 is 22.5 Å². The van der Waals surface area contributed by atoms with Gasteiger partial charge in [-0.2, -0.15) is 18.2 Å². The normalized spacial score (nSPS) is 15.3. The fourth-order valence-electron chi connectivity index (χ4n) is 2.85. The number of aromatic nitrogens is 2. The van der Waals surface area contributed by atoms with Crippen LogP contribution in [0, 0.1) is 0 Å². The minimum atomic E-state index is -4.68. The summed E-state index contributed by atoms with van der Waals surface area (Å²) in [6, 6.07) is 6.56. The molecule has 134 valence electrons. The van der Waals surface area contributed by atoms with Gasteiger partial charge in [-0.25, -0.2) is 0 Å². The molecule has 0 bridgehead atoms. The van der Waals surface area contributed by atoms with E-state index in [1.54, 1.807) is 12.1 Å². The van der Waals surface area contributed by atoms with Gasteiger partial charge in [-0.1, -0.05) is 17.3 Å². The van der Waals surface area contributed by atoms with Gasteiger partial charge < -0.3 is 9.42 Å². The van der Waals surface area contributed by atoms with E-state index in [0.29, 0.717) is 11.1 Å². The summed E-state index contributed by atoms with van der Waals surface area (Å²) in [5.41, 5.74) is 0.847. The second kappa shape index (κ2) is 6.50. The largest absolute Gasteiger partial charge is 0.471 e. The van der Waals surface area contributed by atoms with Gasteiger partial charge in [0.2, 0.25) is 5.82 Å². The first-order chi connectivity index (χ1) is 11.8. The van der Waals surface area contributed by atoms with Crippen LogP contribution in [-0.4, -0.2) is 33.0 Å². The van der Waals surface area contributed by atoms with E-state index < -0.39 is 12.1 Å². The maximum Gasteiger partial charge on any atom is 0.471 e. The molecular formula is C17H18F3N3O2. The highest BCUT2D eigenvalue weighted by molar-refractivity contribution is 5.95. The van der Waals surface area contributed by atoms with Crippen LogP contribution in [0.5, 0.6) is 0 Å². The highest BCUT2D eigenvalue weighted by Gasteiger charge is 2.38. The van der Waals surface area contributed by atoms with Crippen LogP contribution in [-0.2, 0) is 6.18 Å². The van der Waals surface area contributed by atoms with E-state index in [0.717, 1.165) is 19.3 Å². The average molecular weight is 353 g/mol. The number of benzene rings is 1. The summed E-state index contributed by atoms with van der Waals surface area (Å²) >= 11 is 0. The van der Waals surface area contributed by atoms with E-state index in [1.165, 1.54) is 12.1 Å². The molecule has 8 heteroatoms. The predicted octanol–water partition coefficient (Wildman–Crippen LogP) is 4.16. The Kier molecular flexibility index (Phi) is 4.53. The van der Waals surface area contributed by atoms with Gasteiger partial charge in [0.1, 0.15) is 0 Å². The molecule has 0 N–H and O–H groups in total. The number of hydrogen-bond acceptors (Lipinski definition) is 4. The fraction of sp³-hybridized carbons (Fsp3) is 0.471. The molecule has 5 nitrogen and oxygen atoms in total. The number of halogens is 3. The summed E-state index contributed by atoms with van der Waals surface area (Å²) in [6.07, 6.45) is -1.54. The molecule has 1 amide bonds. The standard InChI is InChI=1S/C17H18F3N3O2/c1-10(2)23(13-4-3-5-13)15(24)12-8-6-11(7-9-12)14-21-16(25-22-14)17(18,19)20/h6-10,13H,3-5H2,1-2H3. The van der Waals surface area contributed by atoms with Gasteiger partial charge in [0, 0.05) is 23.2 Å². The topological polar surface area (TPSA) is 59.2 Å². The minimum Gasteiger partial charge on any atom is -0.333 e. The van der Waals surface area contributed by atoms with Crippen molar-refractivity contribution in [1.82, 2.24) is 15.0 Å². The molecule has 0 spiro atoms. The molecule has 0 aliphatic heterocycles. The van der Waals surface area contributed by atoms with E-state index in [1.807, 2.05) is 18.7 Å². The Bertz CT molecular complexity index is 749. The first-order valence-electron chi connectivity index (χ1n) is 8.11. The van der Waals surface area contributed by atoms with Crippen molar-refractivity contribution in [3.63, 3.8) is 0 Å². The van der Waals surface area contributed by atoms with Crippen LogP contribution < -0.4 is 0 Å². The molecule has 1 saturated carbocycles. The Labute approximate surface area is 142 Å². The molecule has 0 radical (unpaired) electrons. The van der Waals surface area contributed by atoms with Gasteiger partial charge in [-0.3, -0.25) is 4.79 Å². The molecule has 1 aromatic carbocycles. The SMILES string of the molecule is CC(C)N(C(=O)c1ccc(-c2noc(C(F)(F)F)n2)cc1)C1CCC1. The molecular weight excluding hydrogens is 335 g/mol. The summed E-state index contributed by atoms with van der Waals surface area (Å²) in [5, 5.41) is 3.34. The molecule has 1 aromatic heterocycles. The highest BCUT2D eigenvalue weighted by Crippen LogP contribution is 2.30. The Balaban J connectivity index is 1.79. The lowest BCUT2D eigenvalue weighted by molar-refractivity contribution is -0.159. The van der Waals surface area contributed by atoms with Crippen molar-refractivity contribution in [2.45, 2.75) is 51.4 Å². The van der Waals surface area contributed by atoms with Gasteiger partial charge in [0.25, 0.3) is 5.91 Å². The highest BCUT2D eigenvalue weighted by atomic mass is 19.4. The lowest BCUT2D eigenvalue weighted by atomic mass is 9.90. The molecule has 3 rings (SSSR count). The molecule has 1 aliphatic rings. The van der Waals surface area contributed by atoms with E-state index in [4.69, 9.17) is 0 Å². The summed E-state index contributed by atoms with van der Waals surface area (Å²) in [4.78, 5) is 17.9. The number of carbonyl (C=O) groups is 1. The van der Waals surface area contributed by atoms with Crippen LogP contribution >= 0.6 is 0 Å². The molecule has 0 unspecified atom stereocenters. The van der Waals surface area contributed by atoms with Crippen molar-refractivity contribution in [3.05, 3.63) is 35.7 Å². The van der Waals surface area contributed by atoms with Gasteiger partial charge in [-0.15, -0.1) is 0 Å². The quantitative estimate of drug-likeness (QED) is 0.828. The zero-order valence-electron chi connectivity index (χ0n) is 13.9. The first kappa shape index (κ1) is 17.4. The monoisotopic (exact) mass is 353 g/mol. The third-order valence-electron chi connectivity index (χ3n) is 4.32. The molecule has 0 atom stereocenters. The second-order valence-corrected chi connectivity index (χ2v) is 6.39. The zero-order valence-corrected chi connectivity index (χ0v) is 13.9. The van der Waals surface area contributed by atoms with Crippen molar-refractivity contribution in [1.29, 1.82) is 0 Å². The van der Waals surface area contributed by atoms with Crippen LogP contribution in [0.3, 0.4) is 0 Å². The third-order valence-corrected chi connectivity index (χ3v) is 4.32. The molecule has 1 fully saturated rings. The summed E-state index contributed by atoms with van der Waals surface area (Å²) in [6.45, 7) is 3.95. The van der Waals surface area contributed by atoms with Gasteiger partial charge >= 0.3 is 12.1 Å². The number of nitrogens with zero attached hydrogens (tertiary/aromatic N) is 3. The Morgan fingerprint density at radius 1 is 1.24 bits per heavy atom. The van der Waals surface area contributed by atoms with Crippen LogP contribution in [0.4, 0.5) is 13.2 Å². The van der Waals surface area contributed by atoms with Crippen LogP contribution in [0.1, 0.15) is 49.4 Å². The van der Waals surface area contributed by atoms with Crippen LogP contribution in [0.25, 0.3) is 11.4 Å². The summed E-state index contributed by atoms with van der Waals surface area (Å²) < 4.78 is 41.8. The van der Waals surface area contributed by atoms with E-state index in [2.05, 4.69) is 14.7 Å². The smallest absolute Gasteiger partial charge is 0.333 e. The lowest BCUT2D eigenvalue weighted by Gasteiger charge is -2.40. The third kappa shape index (κ3) is 3.52.